The number of nitrogens with one attached hydrogen (secondary N) is 1. The number of aromatic nitrogens is 2. The molecular formula is C20H22N4O2S2. The molecule has 6 nitrogen and oxygen atoms in total. The standard InChI is InChI=1S/C20H22N4O2S2/c1-5-8-23-19(26)15(28-20(23)27)9-14-17(21-10-12(2)3)22-16-7-6-13(4)11-24(16)18(14)25/h5-7,9,11-12,21H,1,8,10H2,2-4H3/b15-9+. The molecule has 3 heterocycles. The van der Waals surface area contributed by atoms with Gasteiger partial charge in [0.2, 0.25) is 0 Å². The van der Waals surface area contributed by atoms with Crippen LogP contribution >= 0.6 is 24.0 Å². The zero-order chi connectivity index (χ0) is 20.4. The molecule has 1 fully saturated rings. The van der Waals surface area contributed by atoms with Gasteiger partial charge in [-0.1, -0.05) is 50.0 Å². The lowest BCUT2D eigenvalue weighted by Crippen LogP contribution is -2.28. The average Bonchev–Trinajstić information content (AvgIpc) is 2.91. The zero-order valence-corrected chi connectivity index (χ0v) is 17.7. The van der Waals surface area contributed by atoms with E-state index in [0.29, 0.717) is 45.3 Å². The molecule has 1 saturated heterocycles. The van der Waals surface area contributed by atoms with Crippen molar-refractivity contribution in [3.8, 4) is 0 Å². The van der Waals surface area contributed by atoms with E-state index in [0.717, 1.165) is 5.56 Å². The third-order valence-electron chi connectivity index (χ3n) is 4.14. The molecule has 28 heavy (non-hydrogen) atoms. The van der Waals surface area contributed by atoms with Crippen molar-refractivity contribution in [1.29, 1.82) is 0 Å². The number of amides is 1. The molecule has 1 aliphatic rings. The molecule has 0 aliphatic carbocycles. The Labute approximate surface area is 173 Å². The topological polar surface area (TPSA) is 66.7 Å². The van der Waals surface area contributed by atoms with Crippen molar-refractivity contribution in [2.24, 2.45) is 5.92 Å². The van der Waals surface area contributed by atoms with Crippen LogP contribution in [0.4, 0.5) is 5.82 Å². The van der Waals surface area contributed by atoms with Gasteiger partial charge in [0.1, 0.15) is 15.8 Å². The molecule has 3 rings (SSSR count). The number of thiocarbonyl (C=S) groups is 1. The summed E-state index contributed by atoms with van der Waals surface area (Å²) in [4.78, 5) is 32.3. The summed E-state index contributed by atoms with van der Waals surface area (Å²) < 4.78 is 1.96. The van der Waals surface area contributed by atoms with Gasteiger partial charge < -0.3 is 5.32 Å². The Balaban J connectivity index is 2.15. The highest BCUT2D eigenvalue weighted by molar-refractivity contribution is 8.26. The molecule has 2 aromatic rings. The highest BCUT2D eigenvalue weighted by atomic mass is 32.2. The Morgan fingerprint density at radius 1 is 1.36 bits per heavy atom. The van der Waals surface area contributed by atoms with Gasteiger partial charge in [0, 0.05) is 19.3 Å². The van der Waals surface area contributed by atoms with Crippen LogP contribution in [-0.4, -0.2) is 37.6 Å². The molecule has 0 aromatic carbocycles. The number of hydrogen-bond acceptors (Lipinski definition) is 6. The van der Waals surface area contributed by atoms with E-state index >= 15 is 0 Å². The molecule has 8 heteroatoms. The summed E-state index contributed by atoms with van der Waals surface area (Å²) >= 11 is 6.47. The summed E-state index contributed by atoms with van der Waals surface area (Å²) in [5.74, 6) is 0.618. The second-order valence-electron chi connectivity index (χ2n) is 6.97. The van der Waals surface area contributed by atoms with E-state index in [1.807, 2.05) is 19.1 Å². The van der Waals surface area contributed by atoms with E-state index in [2.05, 4.69) is 30.7 Å². The van der Waals surface area contributed by atoms with Crippen molar-refractivity contribution in [2.45, 2.75) is 20.8 Å². The number of anilines is 1. The minimum absolute atomic E-state index is 0.224. The summed E-state index contributed by atoms with van der Waals surface area (Å²) in [7, 11) is 0. The summed E-state index contributed by atoms with van der Waals surface area (Å²) in [6, 6.07) is 3.72. The zero-order valence-electron chi connectivity index (χ0n) is 16.1. The lowest BCUT2D eigenvalue weighted by molar-refractivity contribution is -0.121. The number of carbonyl (C=O) groups excluding carboxylic acids is 1. The summed E-state index contributed by atoms with van der Waals surface area (Å²) in [5, 5.41) is 3.24. The van der Waals surface area contributed by atoms with Crippen molar-refractivity contribution in [1.82, 2.24) is 14.3 Å². The lowest BCUT2D eigenvalue weighted by atomic mass is 10.2. The first-order chi connectivity index (χ1) is 13.3. The maximum absolute atomic E-state index is 13.2. The molecule has 0 atom stereocenters. The minimum atomic E-state index is -0.228. The van der Waals surface area contributed by atoms with Crippen LogP contribution in [0.2, 0.25) is 0 Å². The van der Waals surface area contributed by atoms with Crippen molar-refractivity contribution in [3.05, 3.63) is 57.4 Å². The summed E-state index contributed by atoms with van der Waals surface area (Å²) in [5.41, 5.74) is 1.62. The molecule has 0 saturated carbocycles. The van der Waals surface area contributed by atoms with Crippen LogP contribution in [0.3, 0.4) is 0 Å². The fraction of sp³-hybridized carbons (Fsp3) is 0.300. The molecule has 0 radical (unpaired) electrons. The van der Waals surface area contributed by atoms with Gasteiger partial charge in [0.25, 0.3) is 11.5 Å². The molecule has 1 amide bonds. The fourth-order valence-electron chi connectivity index (χ4n) is 2.74. The van der Waals surface area contributed by atoms with Gasteiger partial charge in [-0.05, 0) is 30.5 Å². The Morgan fingerprint density at radius 3 is 2.79 bits per heavy atom. The molecule has 146 valence electrons. The molecule has 0 unspecified atom stereocenters. The van der Waals surface area contributed by atoms with Crippen molar-refractivity contribution >= 4 is 51.7 Å². The van der Waals surface area contributed by atoms with Crippen LogP contribution in [0.15, 0.2) is 40.7 Å². The molecule has 0 bridgehead atoms. The Hall–Kier alpha value is -2.45. The highest BCUT2D eigenvalue weighted by Crippen LogP contribution is 2.32. The second kappa shape index (κ2) is 8.28. The monoisotopic (exact) mass is 414 g/mol. The SMILES string of the molecule is C=CCN1C(=O)/C(=C\c2c(NCC(C)C)nc3ccc(C)cn3c2=O)SC1=S. The normalized spacial score (nSPS) is 15.9. The van der Waals surface area contributed by atoms with Crippen LogP contribution in [0.1, 0.15) is 25.0 Å². The molecule has 0 spiro atoms. The third-order valence-corrected chi connectivity index (χ3v) is 5.52. The first kappa shape index (κ1) is 20.3. The van der Waals surface area contributed by atoms with Crippen LogP contribution in [0, 0.1) is 12.8 Å². The van der Waals surface area contributed by atoms with Gasteiger partial charge in [-0.25, -0.2) is 4.98 Å². The maximum Gasteiger partial charge on any atom is 0.267 e. The van der Waals surface area contributed by atoms with E-state index in [1.165, 1.54) is 21.1 Å². The summed E-state index contributed by atoms with van der Waals surface area (Å²) in [6.45, 7) is 10.7. The van der Waals surface area contributed by atoms with Gasteiger partial charge in [-0.3, -0.25) is 18.9 Å². The molecule has 1 N–H and O–H groups in total. The van der Waals surface area contributed by atoms with Crippen LogP contribution in [-0.2, 0) is 4.79 Å². The number of rotatable bonds is 6. The number of nitrogens with zero attached hydrogens (tertiary/aromatic N) is 3. The maximum atomic E-state index is 13.2. The summed E-state index contributed by atoms with van der Waals surface area (Å²) in [6.07, 6.45) is 4.96. The predicted molar refractivity (Wildman–Crippen MR) is 120 cm³/mol. The highest BCUT2D eigenvalue weighted by Gasteiger charge is 2.31. The van der Waals surface area contributed by atoms with E-state index in [-0.39, 0.29) is 11.5 Å². The number of hydrogen-bond donors (Lipinski definition) is 1. The number of aryl methyl sites for hydroxylation is 1. The van der Waals surface area contributed by atoms with Gasteiger partial charge in [0.15, 0.2) is 0 Å². The van der Waals surface area contributed by atoms with Gasteiger partial charge in [0.05, 0.1) is 10.5 Å². The first-order valence-electron chi connectivity index (χ1n) is 8.95. The van der Waals surface area contributed by atoms with Crippen LogP contribution in [0.25, 0.3) is 11.7 Å². The second-order valence-corrected chi connectivity index (χ2v) is 8.65. The lowest BCUT2D eigenvalue weighted by Gasteiger charge is -2.13. The fourth-order valence-corrected chi connectivity index (χ4v) is 4.00. The van der Waals surface area contributed by atoms with Crippen LogP contribution < -0.4 is 10.9 Å². The minimum Gasteiger partial charge on any atom is -0.369 e. The smallest absolute Gasteiger partial charge is 0.267 e. The van der Waals surface area contributed by atoms with Gasteiger partial charge in [-0.2, -0.15) is 0 Å². The number of fused-ring (bicyclic) bond motifs is 1. The Morgan fingerprint density at radius 2 is 2.11 bits per heavy atom. The first-order valence-corrected chi connectivity index (χ1v) is 10.2. The van der Waals surface area contributed by atoms with Crippen molar-refractivity contribution < 1.29 is 4.79 Å². The van der Waals surface area contributed by atoms with E-state index in [4.69, 9.17) is 12.2 Å². The quantitative estimate of drug-likeness (QED) is 0.444. The van der Waals surface area contributed by atoms with Crippen molar-refractivity contribution in [2.75, 3.05) is 18.4 Å². The van der Waals surface area contributed by atoms with Gasteiger partial charge in [-0.15, -0.1) is 6.58 Å². The largest absolute Gasteiger partial charge is 0.369 e. The Kier molecular flexibility index (Phi) is 6.00. The molecule has 1 aliphatic heterocycles. The van der Waals surface area contributed by atoms with Gasteiger partial charge >= 0.3 is 0 Å². The van der Waals surface area contributed by atoms with Crippen molar-refractivity contribution in [3.63, 3.8) is 0 Å². The Bertz CT molecular complexity index is 1060. The number of pyridine rings is 1. The molecule has 2 aromatic heterocycles. The van der Waals surface area contributed by atoms with Crippen LogP contribution in [0.5, 0.6) is 0 Å². The number of carbonyl (C=O) groups is 1. The average molecular weight is 415 g/mol. The molecular weight excluding hydrogens is 392 g/mol. The van der Waals surface area contributed by atoms with E-state index in [9.17, 15) is 9.59 Å². The number of thioether (sulfide) groups is 1. The predicted octanol–water partition coefficient (Wildman–Crippen LogP) is 3.46. The van der Waals surface area contributed by atoms with E-state index in [1.54, 1.807) is 18.3 Å². The van der Waals surface area contributed by atoms with E-state index < -0.39 is 0 Å². The third kappa shape index (κ3) is 4.02.